The molecule has 30 heavy (non-hydrogen) atoms. The summed E-state index contributed by atoms with van der Waals surface area (Å²) in [6.07, 6.45) is 3.82. The molecule has 0 radical (unpaired) electrons. The molecule has 0 atom stereocenters. The molecule has 154 valence electrons. The fourth-order valence-corrected chi connectivity index (χ4v) is 3.98. The molecule has 4 rings (SSSR count). The number of hydrogen-bond acceptors (Lipinski definition) is 4. The standard InChI is InChI=1S/C26H26O4/c1-17-9-13-20(14-10-17)25(27)29-22-7-3-5-19-6-4-8-23(24(19)22)30-26(28)21-15-11-18(2)12-16-21/h3-10,13-14,18,21H,11-12,15-16H2,1-2H3. The first kappa shape index (κ1) is 20.1. The molecule has 3 aromatic carbocycles. The van der Waals surface area contributed by atoms with Gasteiger partial charge < -0.3 is 9.47 Å². The molecule has 0 saturated heterocycles. The molecule has 4 heteroatoms. The third-order valence-corrected chi connectivity index (χ3v) is 5.88. The Kier molecular flexibility index (Phi) is 5.84. The van der Waals surface area contributed by atoms with Gasteiger partial charge in [0.25, 0.3) is 0 Å². The van der Waals surface area contributed by atoms with Crippen LogP contribution < -0.4 is 9.47 Å². The van der Waals surface area contributed by atoms with Crippen molar-refractivity contribution in [1.29, 1.82) is 0 Å². The van der Waals surface area contributed by atoms with Gasteiger partial charge in [-0.25, -0.2) is 4.79 Å². The molecule has 4 nitrogen and oxygen atoms in total. The summed E-state index contributed by atoms with van der Waals surface area (Å²) in [5, 5.41) is 1.49. The highest BCUT2D eigenvalue weighted by Crippen LogP contribution is 2.36. The first-order chi connectivity index (χ1) is 14.5. The summed E-state index contributed by atoms with van der Waals surface area (Å²) < 4.78 is 11.5. The van der Waals surface area contributed by atoms with Gasteiger partial charge in [-0.3, -0.25) is 4.79 Å². The van der Waals surface area contributed by atoms with Crippen molar-refractivity contribution >= 4 is 22.7 Å². The molecule has 0 unspecified atom stereocenters. The van der Waals surface area contributed by atoms with E-state index in [1.54, 1.807) is 24.3 Å². The number of hydrogen-bond donors (Lipinski definition) is 0. The number of esters is 2. The van der Waals surface area contributed by atoms with Gasteiger partial charge in [0, 0.05) is 0 Å². The van der Waals surface area contributed by atoms with E-state index in [-0.39, 0.29) is 11.9 Å². The Bertz CT molecular complexity index is 1050. The van der Waals surface area contributed by atoms with Crippen LogP contribution in [0, 0.1) is 18.8 Å². The van der Waals surface area contributed by atoms with Gasteiger partial charge in [0.15, 0.2) is 0 Å². The van der Waals surface area contributed by atoms with Crippen LogP contribution in [0.3, 0.4) is 0 Å². The molecule has 1 saturated carbocycles. The summed E-state index contributed by atoms with van der Waals surface area (Å²) in [4.78, 5) is 25.4. The minimum atomic E-state index is -0.440. The molecule has 1 fully saturated rings. The second-order valence-corrected chi connectivity index (χ2v) is 8.24. The maximum Gasteiger partial charge on any atom is 0.343 e. The summed E-state index contributed by atoms with van der Waals surface area (Å²) in [5.41, 5.74) is 1.55. The molecule has 1 aliphatic carbocycles. The monoisotopic (exact) mass is 402 g/mol. The number of carbonyl (C=O) groups is 2. The molecule has 0 heterocycles. The van der Waals surface area contributed by atoms with Gasteiger partial charge in [-0.15, -0.1) is 0 Å². The minimum Gasteiger partial charge on any atom is -0.426 e. The number of carbonyl (C=O) groups excluding carboxylic acids is 2. The summed E-state index contributed by atoms with van der Waals surface area (Å²) in [6, 6.07) is 18.2. The second-order valence-electron chi connectivity index (χ2n) is 8.24. The predicted octanol–water partition coefficient (Wildman–Crippen LogP) is 6.10. The van der Waals surface area contributed by atoms with Crippen molar-refractivity contribution in [3.63, 3.8) is 0 Å². The normalized spacial score (nSPS) is 18.7. The molecule has 0 amide bonds. The third kappa shape index (κ3) is 4.38. The molecule has 0 bridgehead atoms. The predicted molar refractivity (Wildman–Crippen MR) is 117 cm³/mol. The Morgan fingerprint density at radius 3 is 2.03 bits per heavy atom. The van der Waals surface area contributed by atoms with Crippen molar-refractivity contribution in [2.45, 2.75) is 39.5 Å². The van der Waals surface area contributed by atoms with Crippen molar-refractivity contribution in [1.82, 2.24) is 0 Å². The van der Waals surface area contributed by atoms with Crippen molar-refractivity contribution in [3.8, 4) is 11.5 Å². The van der Waals surface area contributed by atoms with Crippen LogP contribution >= 0.6 is 0 Å². The van der Waals surface area contributed by atoms with Crippen LogP contribution in [0.4, 0.5) is 0 Å². The van der Waals surface area contributed by atoms with Crippen LogP contribution in [-0.4, -0.2) is 11.9 Å². The minimum absolute atomic E-state index is 0.0706. The lowest BCUT2D eigenvalue weighted by molar-refractivity contribution is -0.140. The summed E-state index contributed by atoms with van der Waals surface area (Å²) in [7, 11) is 0. The van der Waals surface area contributed by atoms with E-state index in [2.05, 4.69) is 6.92 Å². The highest BCUT2D eigenvalue weighted by Gasteiger charge is 2.26. The zero-order valence-corrected chi connectivity index (χ0v) is 17.4. The lowest BCUT2D eigenvalue weighted by Crippen LogP contribution is -2.25. The summed E-state index contributed by atoms with van der Waals surface area (Å²) in [6.45, 7) is 4.19. The van der Waals surface area contributed by atoms with E-state index in [4.69, 9.17) is 9.47 Å². The van der Waals surface area contributed by atoms with Crippen molar-refractivity contribution in [2.75, 3.05) is 0 Å². The van der Waals surface area contributed by atoms with Gasteiger partial charge in [0.05, 0.1) is 16.9 Å². The van der Waals surface area contributed by atoms with Crippen LogP contribution in [0.5, 0.6) is 11.5 Å². The van der Waals surface area contributed by atoms with Gasteiger partial charge >= 0.3 is 11.9 Å². The van der Waals surface area contributed by atoms with E-state index in [1.807, 2.05) is 43.3 Å². The SMILES string of the molecule is Cc1ccc(C(=O)Oc2cccc3cccc(OC(=O)C4CCC(C)CC4)c23)cc1. The molecular formula is C26H26O4. The molecular weight excluding hydrogens is 376 g/mol. The van der Waals surface area contributed by atoms with Crippen molar-refractivity contribution in [2.24, 2.45) is 11.8 Å². The topological polar surface area (TPSA) is 52.6 Å². The van der Waals surface area contributed by atoms with Gasteiger partial charge in [-0.1, -0.05) is 48.9 Å². The third-order valence-electron chi connectivity index (χ3n) is 5.88. The van der Waals surface area contributed by atoms with E-state index in [0.717, 1.165) is 36.6 Å². The first-order valence-corrected chi connectivity index (χ1v) is 10.5. The van der Waals surface area contributed by atoms with Crippen molar-refractivity contribution in [3.05, 3.63) is 71.8 Å². The lowest BCUT2D eigenvalue weighted by atomic mass is 9.83. The maximum absolute atomic E-state index is 12.8. The highest BCUT2D eigenvalue weighted by molar-refractivity contribution is 5.99. The van der Waals surface area contributed by atoms with Crippen LogP contribution in [-0.2, 0) is 4.79 Å². The zero-order chi connectivity index (χ0) is 21.1. The summed E-state index contributed by atoms with van der Waals surface area (Å²) >= 11 is 0. The Labute approximate surface area is 176 Å². The van der Waals surface area contributed by atoms with Crippen LogP contribution in [0.25, 0.3) is 10.8 Å². The van der Waals surface area contributed by atoms with Crippen molar-refractivity contribution < 1.29 is 19.1 Å². The Morgan fingerprint density at radius 1 is 0.800 bits per heavy atom. The van der Waals surface area contributed by atoms with Crippen LogP contribution in [0.2, 0.25) is 0 Å². The van der Waals surface area contributed by atoms with Crippen LogP contribution in [0.15, 0.2) is 60.7 Å². The first-order valence-electron chi connectivity index (χ1n) is 10.5. The molecule has 0 N–H and O–H groups in total. The summed E-state index contributed by atoms with van der Waals surface area (Å²) in [5.74, 6) is 0.777. The van der Waals surface area contributed by atoms with Gasteiger partial charge in [0.1, 0.15) is 11.5 Å². The molecule has 3 aromatic rings. The second kappa shape index (κ2) is 8.70. The molecule has 0 aliphatic heterocycles. The van der Waals surface area contributed by atoms with Gasteiger partial charge in [-0.05, 0) is 68.2 Å². The molecule has 0 aromatic heterocycles. The molecule has 0 spiro atoms. The number of benzene rings is 3. The van der Waals surface area contributed by atoms with Gasteiger partial charge in [-0.2, -0.15) is 0 Å². The fraction of sp³-hybridized carbons (Fsp3) is 0.308. The highest BCUT2D eigenvalue weighted by atomic mass is 16.5. The largest absolute Gasteiger partial charge is 0.426 e. The number of aryl methyl sites for hydroxylation is 1. The zero-order valence-electron chi connectivity index (χ0n) is 17.4. The quantitative estimate of drug-likeness (QED) is 0.391. The van der Waals surface area contributed by atoms with E-state index >= 15 is 0 Å². The van der Waals surface area contributed by atoms with E-state index in [9.17, 15) is 9.59 Å². The van der Waals surface area contributed by atoms with E-state index in [1.165, 1.54) is 0 Å². The average molecular weight is 402 g/mol. The Morgan fingerprint density at radius 2 is 1.40 bits per heavy atom. The number of rotatable bonds is 4. The number of fused-ring (bicyclic) bond motifs is 1. The van der Waals surface area contributed by atoms with Gasteiger partial charge in [0.2, 0.25) is 0 Å². The fourth-order valence-electron chi connectivity index (χ4n) is 3.98. The van der Waals surface area contributed by atoms with E-state index in [0.29, 0.717) is 28.4 Å². The Hall–Kier alpha value is -3.14. The average Bonchev–Trinajstić information content (AvgIpc) is 2.75. The lowest BCUT2D eigenvalue weighted by Gasteiger charge is -2.24. The Balaban J connectivity index is 1.60. The maximum atomic E-state index is 12.8. The van der Waals surface area contributed by atoms with E-state index < -0.39 is 5.97 Å². The smallest absolute Gasteiger partial charge is 0.343 e. The number of ether oxygens (including phenoxy) is 2. The van der Waals surface area contributed by atoms with Crippen LogP contribution in [0.1, 0.15) is 48.5 Å². The molecule has 1 aliphatic rings.